The Morgan fingerprint density at radius 2 is 2.06 bits per heavy atom. The summed E-state index contributed by atoms with van der Waals surface area (Å²) in [4.78, 5) is 2.80. The number of nitrogens with two attached hydrogens (primary N) is 1. The molecule has 1 aromatic rings. The Labute approximate surface area is 114 Å². The van der Waals surface area contributed by atoms with Gasteiger partial charge in [0, 0.05) is 31.5 Å². The van der Waals surface area contributed by atoms with E-state index >= 15 is 0 Å². The lowest BCUT2D eigenvalue weighted by Gasteiger charge is -2.40. The van der Waals surface area contributed by atoms with E-state index in [4.69, 9.17) is 22.7 Å². The van der Waals surface area contributed by atoms with Crippen molar-refractivity contribution >= 4 is 22.9 Å². The average Bonchev–Trinajstić information content (AvgIpc) is 2.39. The molecule has 1 aliphatic heterocycles. The zero-order valence-corrected chi connectivity index (χ0v) is 11.8. The van der Waals surface area contributed by atoms with Crippen molar-refractivity contribution in [2.45, 2.75) is 25.4 Å². The highest BCUT2D eigenvalue weighted by Crippen LogP contribution is 2.28. The van der Waals surface area contributed by atoms with Crippen molar-refractivity contribution < 1.29 is 4.74 Å². The minimum atomic E-state index is -0.0416. The fourth-order valence-electron chi connectivity index (χ4n) is 2.43. The Morgan fingerprint density at radius 3 is 2.61 bits per heavy atom. The Morgan fingerprint density at radius 1 is 1.39 bits per heavy atom. The molecule has 2 N–H and O–H groups in total. The van der Waals surface area contributed by atoms with Crippen LogP contribution in [0.1, 0.15) is 25.3 Å². The number of piperidine rings is 1. The third-order valence-corrected chi connectivity index (χ3v) is 3.90. The lowest BCUT2D eigenvalue weighted by molar-refractivity contribution is -0.00465. The first-order valence-corrected chi connectivity index (χ1v) is 6.65. The van der Waals surface area contributed by atoms with Gasteiger partial charge in [0.25, 0.3) is 0 Å². The van der Waals surface area contributed by atoms with Gasteiger partial charge in [-0.05, 0) is 44.0 Å². The molecule has 18 heavy (non-hydrogen) atoms. The summed E-state index contributed by atoms with van der Waals surface area (Å²) in [6, 6.07) is 8.12. The minimum Gasteiger partial charge on any atom is -0.389 e. The summed E-state index contributed by atoms with van der Waals surface area (Å²) < 4.78 is 5.61. The topological polar surface area (TPSA) is 38.5 Å². The molecule has 0 radical (unpaired) electrons. The molecule has 1 atom stereocenters. The summed E-state index contributed by atoms with van der Waals surface area (Å²) in [5.74, 6) is 0. The molecule has 3 nitrogen and oxygen atoms in total. The van der Waals surface area contributed by atoms with Gasteiger partial charge in [0.2, 0.25) is 0 Å². The lowest BCUT2D eigenvalue weighted by Crippen LogP contribution is -2.47. The number of methoxy groups -OCH3 is 1. The van der Waals surface area contributed by atoms with E-state index in [2.05, 4.69) is 24.0 Å². The van der Waals surface area contributed by atoms with Crippen LogP contribution in [-0.2, 0) is 4.74 Å². The smallest absolute Gasteiger partial charge is 0.103 e. The van der Waals surface area contributed by atoms with Crippen LogP contribution in [0, 0.1) is 0 Å². The van der Waals surface area contributed by atoms with Crippen LogP contribution in [0.2, 0.25) is 0 Å². The molecule has 98 valence electrons. The summed E-state index contributed by atoms with van der Waals surface area (Å²) >= 11 is 4.96. The SMILES string of the molecule is COC1(C)CCCN(c2ccc(C(N)=S)cc2)C1. The van der Waals surface area contributed by atoms with E-state index in [9.17, 15) is 0 Å². The number of hydrogen-bond donors (Lipinski definition) is 1. The van der Waals surface area contributed by atoms with Gasteiger partial charge in [-0.25, -0.2) is 0 Å². The Hall–Kier alpha value is -1.13. The van der Waals surface area contributed by atoms with Gasteiger partial charge >= 0.3 is 0 Å². The quantitative estimate of drug-likeness (QED) is 0.850. The molecule has 1 unspecified atom stereocenters. The molecule has 0 aliphatic carbocycles. The third-order valence-electron chi connectivity index (χ3n) is 3.67. The maximum absolute atomic E-state index is 5.61. The van der Waals surface area contributed by atoms with Crippen LogP contribution in [0.4, 0.5) is 5.69 Å². The number of nitrogens with zero attached hydrogens (tertiary/aromatic N) is 1. The molecule has 0 amide bonds. The fraction of sp³-hybridized carbons (Fsp3) is 0.500. The van der Waals surface area contributed by atoms with Gasteiger partial charge in [0.05, 0.1) is 5.60 Å². The van der Waals surface area contributed by atoms with Crippen LogP contribution in [0.3, 0.4) is 0 Å². The van der Waals surface area contributed by atoms with E-state index in [1.54, 1.807) is 7.11 Å². The fourth-order valence-corrected chi connectivity index (χ4v) is 2.57. The van der Waals surface area contributed by atoms with E-state index in [-0.39, 0.29) is 5.60 Å². The molecule has 0 spiro atoms. The van der Waals surface area contributed by atoms with Gasteiger partial charge in [-0.15, -0.1) is 0 Å². The van der Waals surface area contributed by atoms with Crippen molar-refractivity contribution in [3.63, 3.8) is 0 Å². The molecular weight excluding hydrogens is 244 g/mol. The Bertz CT molecular complexity index is 432. The van der Waals surface area contributed by atoms with Gasteiger partial charge in [-0.1, -0.05) is 12.2 Å². The van der Waals surface area contributed by atoms with Crippen molar-refractivity contribution in [1.82, 2.24) is 0 Å². The van der Waals surface area contributed by atoms with Crippen LogP contribution < -0.4 is 10.6 Å². The first-order chi connectivity index (χ1) is 8.54. The molecule has 0 bridgehead atoms. The first-order valence-electron chi connectivity index (χ1n) is 6.24. The molecule has 4 heteroatoms. The van der Waals surface area contributed by atoms with Crippen LogP contribution in [0.5, 0.6) is 0 Å². The third kappa shape index (κ3) is 2.82. The highest BCUT2D eigenvalue weighted by molar-refractivity contribution is 7.80. The number of thiocarbonyl (C=S) groups is 1. The number of ether oxygens (including phenoxy) is 1. The van der Waals surface area contributed by atoms with Gasteiger partial charge in [0.15, 0.2) is 0 Å². The standard InChI is InChI=1S/C14H20N2OS/c1-14(17-2)8-3-9-16(10-14)12-6-4-11(5-7-12)13(15)18/h4-7H,3,8-10H2,1-2H3,(H2,15,18). The summed E-state index contributed by atoms with van der Waals surface area (Å²) in [5, 5.41) is 0. The van der Waals surface area contributed by atoms with Gasteiger partial charge < -0.3 is 15.4 Å². The van der Waals surface area contributed by atoms with E-state index in [1.165, 1.54) is 5.69 Å². The average molecular weight is 264 g/mol. The summed E-state index contributed by atoms with van der Waals surface area (Å²) in [7, 11) is 1.79. The Balaban J connectivity index is 2.14. The van der Waals surface area contributed by atoms with Crippen molar-refractivity contribution in [2.75, 3.05) is 25.1 Å². The van der Waals surface area contributed by atoms with Crippen LogP contribution in [0.15, 0.2) is 24.3 Å². The zero-order chi connectivity index (χ0) is 13.2. The molecule has 1 heterocycles. The van der Waals surface area contributed by atoms with E-state index in [1.807, 2.05) is 12.1 Å². The van der Waals surface area contributed by atoms with Gasteiger partial charge in [0.1, 0.15) is 4.99 Å². The van der Waals surface area contributed by atoms with Crippen LogP contribution in [0.25, 0.3) is 0 Å². The predicted octanol–water partition coefficient (Wildman–Crippen LogP) is 2.33. The molecule has 1 saturated heterocycles. The van der Waals surface area contributed by atoms with Crippen molar-refractivity contribution in [2.24, 2.45) is 5.73 Å². The second-order valence-corrected chi connectivity index (χ2v) is 5.53. The van der Waals surface area contributed by atoms with Crippen LogP contribution >= 0.6 is 12.2 Å². The zero-order valence-electron chi connectivity index (χ0n) is 11.0. The number of anilines is 1. The van der Waals surface area contributed by atoms with Crippen LogP contribution in [-0.4, -0.2) is 30.8 Å². The maximum Gasteiger partial charge on any atom is 0.103 e. The van der Waals surface area contributed by atoms with Gasteiger partial charge in [-0.2, -0.15) is 0 Å². The predicted molar refractivity (Wildman–Crippen MR) is 79.2 cm³/mol. The highest BCUT2D eigenvalue weighted by Gasteiger charge is 2.30. The van der Waals surface area contributed by atoms with E-state index in [0.29, 0.717) is 4.99 Å². The molecule has 1 aliphatic rings. The highest BCUT2D eigenvalue weighted by atomic mass is 32.1. The maximum atomic E-state index is 5.61. The monoisotopic (exact) mass is 264 g/mol. The van der Waals surface area contributed by atoms with Crippen molar-refractivity contribution in [1.29, 1.82) is 0 Å². The van der Waals surface area contributed by atoms with Crippen molar-refractivity contribution in [3.05, 3.63) is 29.8 Å². The molecule has 0 saturated carbocycles. The Kier molecular flexibility index (Phi) is 3.88. The summed E-state index contributed by atoms with van der Waals surface area (Å²) in [5.41, 5.74) is 7.69. The first kappa shape index (κ1) is 13.3. The largest absolute Gasteiger partial charge is 0.389 e. The molecular formula is C14H20N2OS. The van der Waals surface area contributed by atoms with E-state index < -0.39 is 0 Å². The minimum absolute atomic E-state index is 0.0416. The second-order valence-electron chi connectivity index (χ2n) is 5.09. The second kappa shape index (κ2) is 5.24. The summed E-state index contributed by atoms with van der Waals surface area (Å²) in [6.07, 6.45) is 2.27. The molecule has 1 aromatic carbocycles. The van der Waals surface area contributed by atoms with E-state index in [0.717, 1.165) is 31.5 Å². The molecule has 0 aromatic heterocycles. The molecule has 2 rings (SSSR count). The lowest BCUT2D eigenvalue weighted by atomic mass is 9.94. The number of rotatable bonds is 3. The summed E-state index contributed by atoms with van der Waals surface area (Å²) in [6.45, 7) is 4.17. The van der Waals surface area contributed by atoms with Gasteiger partial charge in [-0.3, -0.25) is 0 Å². The molecule has 1 fully saturated rings. The normalized spacial score (nSPS) is 24.0. The van der Waals surface area contributed by atoms with Crippen molar-refractivity contribution in [3.8, 4) is 0 Å². The number of hydrogen-bond acceptors (Lipinski definition) is 3. The number of benzene rings is 1.